The molecule has 0 radical (unpaired) electrons. The molecule has 3 aromatic rings. The lowest BCUT2D eigenvalue weighted by atomic mass is 9.99. The molecule has 1 saturated heterocycles. The lowest BCUT2D eigenvalue weighted by molar-refractivity contribution is -0.156. The molecule has 5 atom stereocenters. The molecule has 0 bridgehead atoms. The predicted octanol–water partition coefficient (Wildman–Crippen LogP) is 6.34. The third-order valence-corrected chi connectivity index (χ3v) is 8.36. The van der Waals surface area contributed by atoms with Crippen molar-refractivity contribution >= 4 is 12.0 Å². The monoisotopic (exact) mass is 676 g/mol. The first kappa shape index (κ1) is 36.1. The summed E-state index contributed by atoms with van der Waals surface area (Å²) >= 11 is 0. The van der Waals surface area contributed by atoms with Gasteiger partial charge in [-0.1, -0.05) is 43.4 Å². The summed E-state index contributed by atoms with van der Waals surface area (Å²) in [4.78, 5) is 17.2. The van der Waals surface area contributed by atoms with Crippen LogP contribution in [0.15, 0.2) is 73.3 Å². The number of rotatable bonds is 15. The van der Waals surface area contributed by atoms with Crippen molar-refractivity contribution in [3.05, 3.63) is 90.0 Å². The first-order valence-corrected chi connectivity index (χ1v) is 16.6. The fourth-order valence-electron chi connectivity index (χ4n) is 5.64. The molecule has 0 unspecified atom stereocenters. The maximum Gasteiger partial charge on any atom is 0.345 e. The highest BCUT2D eigenvalue weighted by Gasteiger charge is 2.44. The molecular weight excluding hydrogens is 628 g/mol. The lowest BCUT2D eigenvalue weighted by Crippen LogP contribution is -2.39. The highest BCUT2D eigenvalue weighted by Crippen LogP contribution is 2.38. The van der Waals surface area contributed by atoms with Crippen molar-refractivity contribution in [2.75, 3.05) is 13.7 Å². The molecule has 11 nitrogen and oxygen atoms in total. The number of benzene rings is 2. The number of methoxy groups -OCH3 is 1. The lowest BCUT2D eigenvalue weighted by Gasteiger charge is -2.32. The number of cyclic esters (lactones) is 1. The largest absolute Gasteiger partial charge is 0.497 e. The van der Waals surface area contributed by atoms with Gasteiger partial charge in [0.15, 0.2) is 5.79 Å². The number of ether oxygens (including phenoxy) is 7. The van der Waals surface area contributed by atoms with E-state index in [0.29, 0.717) is 48.8 Å². The molecule has 264 valence electrons. The molecule has 2 aliphatic rings. The van der Waals surface area contributed by atoms with Crippen LogP contribution >= 0.6 is 0 Å². The zero-order chi connectivity index (χ0) is 35.2. The van der Waals surface area contributed by atoms with Gasteiger partial charge in [-0.15, -0.1) is 0 Å². The molecule has 0 aliphatic carbocycles. The molecule has 3 heterocycles. The highest BCUT2D eigenvalue weighted by atomic mass is 16.8. The van der Waals surface area contributed by atoms with Gasteiger partial charge in [-0.05, 0) is 62.4 Å². The topological polar surface area (TPSA) is 120 Å². The molecule has 1 N–H and O–H groups in total. The standard InChI is InChI=1S/C38H48N2O9/c1-25(26(2)41)11-16-31(45-23-27-12-14-29(43-7)15-13-27)35-32(46-37(3,4)48-35)10-8-9-28-21-30(44-20-19-40-18-17-39-24-40)22-33-34(28)36(42)49-38(5,6)47-33/h8-9,11-18,21-22,24-26,31-32,35,41H,10,19-20,23H2,1-7H3/b9-8+,16-11-/t25-,26+,31-,32+,35-/m1/s1. The smallest absolute Gasteiger partial charge is 0.345 e. The number of carbonyl (C=O) groups excluding carboxylic acids is 1. The molecule has 0 spiro atoms. The van der Waals surface area contributed by atoms with Gasteiger partial charge < -0.3 is 42.8 Å². The average Bonchev–Trinajstić information content (AvgIpc) is 3.67. The van der Waals surface area contributed by atoms with Gasteiger partial charge in [0.05, 0.1) is 38.8 Å². The van der Waals surface area contributed by atoms with Gasteiger partial charge in [0.25, 0.3) is 0 Å². The summed E-state index contributed by atoms with van der Waals surface area (Å²) in [5.74, 6) is -0.817. The van der Waals surface area contributed by atoms with Crippen LogP contribution in [-0.4, -0.2) is 70.3 Å². The molecular formula is C38H48N2O9. The molecule has 0 saturated carbocycles. The van der Waals surface area contributed by atoms with E-state index >= 15 is 0 Å². The van der Waals surface area contributed by atoms with Gasteiger partial charge in [0.1, 0.15) is 41.6 Å². The number of imidazole rings is 1. The Morgan fingerprint density at radius 2 is 1.80 bits per heavy atom. The molecule has 1 fully saturated rings. The number of carbonyl (C=O) groups is 1. The van der Waals surface area contributed by atoms with Crippen molar-refractivity contribution in [2.45, 2.75) is 97.1 Å². The number of hydrogen-bond acceptors (Lipinski definition) is 10. The van der Waals surface area contributed by atoms with Crippen LogP contribution in [0.25, 0.3) is 6.08 Å². The van der Waals surface area contributed by atoms with E-state index in [1.165, 1.54) is 0 Å². The summed E-state index contributed by atoms with van der Waals surface area (Å²) < 4.78 is 44.2. The Balaban J connectivity index is 1.37. The summed E-state index contributed by atoms with van der Waals surface area (Å²) in [7, 11) is 1.63. The van der Waals surface area contributed by atoms with Crippen molar-refractivity contribution in [3.8, 4) is 17.2 Å². The highest BCUT2D eigenvalue weighted by molar-refractivity contribution is 5.98. The van der Waals surface area contributed by atoms with Crippen LogP contribution < -0.4 is 14.2 Å². The number of aliphatic hydroxyl groups is 1. The number of aromatic nitrogens is 2. The maximum atomic E-state index is 13.2. The van der Waals surface area contributed by atoms with Gasteiger partial charge in [-0.25, -0.2) is 9.78 Å². The van der Waals surface area contributed by atoms with E-state index < -0.39 is 35.9 Å². The minimum atomic E-state index is -1.12. The van der Waals surface area contributed by atoms with Crippen molar-refractivity contribution in [3.63, 3.8) is 0 Å². The van der Waals surface area contributed by atoms with Gasteiger partial charge in [-0.3, -0.25) is 0 Å². The normalized spacial score (nSPS) is 21.6. The quantitative estimate of drug-likeness (QED) is 0.144. The van der Waals surface area contributed by atoms with Gasteiger partial charge >= 0.3 is 5.97 Å². The van der Waals surface area contributed by atoms with Crippen molar-refractivity contribution in [1.29, 1.82) is 0 Å². The van der Waals surface area contributed by atoms with E-state index in [-0.39, 0.29) is 12.0 Å². The predicted molar refractivity (Wildman–Crippen MR) is 183 cm³/mol. The van der Waals surface area contributed by atoms with Crippen LogP contribution in [0.2, 0.25) is 0 Å². The van der Waals surface area contributed by atoms with E-state index in [9.17, 15) is 9.90 Å². The van der Waals surface area contributed by atoms with Crippen molar-refractivity contribution in [1.82, 2.24) is 9.55 Å². The molecule has 0 amide bonds. The van der Waals surface area contributed by atoms with E-state index in [0.717, 1.165) is 11.3 Å². The van der Waals surface area contributed by atoms with Crippen molar-refractivity contribution in [2.24, 2.45) is 5.92 Å². The number of hydrogen-bond donors (Lipinski definition) is 1. The van der Waals surface area contributed by atoms with Crippen LogP contribution in [0, 0.1) is 5.92 Å². The fraction of sp³-hybridized carbons (Fsp3) is 0.474. The number of aliphatic hydroxyl groups excluding tert-OH is 1. The number of fused-ring (bicyclic) bond motifs is 1. The maximum absolute atomic E-state index is 13.2. The summed E-state index contributed by atoms with van der Waals surface area (Å²) in [6.45, 7) is 12.2. The Hall–Kier alpha value is -4.16. The Morgan fingerprint density at radius 3 is 2.49 bits per heavy atom. The molecule has 2 aliphatic heterocycles. The van der Waals surface area contributed by atoms with E-state index in [2.05, 4.69) is 4.98 Å². The van der Waals surface area contributed by atoms with Gasteiger partial charge in [0.2, 0.25) is 5.79 Å². The number of esters is 1. The zero-order valence-electron chi connectivity index (χ0n) is 29.3. The molecule has 11 heteroatoms. The third kappa shape index (κ3) is 9.72. The van der Waals surface area contributed by atoms with Crippen molar-refractivity contribution < 1.29 is 43.1 Å². The minimum Gasteiger partial charge on any atom is -0.497 e. The summed E-state index contributed by atoms with van der Waals surface area (Å²) in [5.41, 5.74) is 1.91. The minimum absolute atomic E-state index is 0.0895. The summed E-state index contributed by atoms with van der Waals surface area (Å²) in [5, 5.41) is 10.1. The Bertz CT molecular complexity index is 1600. The second-order valence-corrected chi connectivity index (χ2v) is 13.3. The molecule has 1 aromatic heterocycles. The van der Waals surface area contributed by atoms with Crippen LogP contribution in [0.5, 0.6) is 17.2 Å². The Labute approximate surface area is 288 Å². The molecule has 5 rings (SSSR count). The van der Waals surface area contributed by atoms with Crippen LogP contribution in [0.3, 0.4) is 0 Å². The third-order valence-electron chi connectivity index (χ3n) is 8.36. The van der Waals surface area contributed by atoms with Gasteiger partial charge in [0, 0.05) is 32.3 Å². The van der Waals surface area contributed by atoms with E-state index in [1.54, 1.807) is 52.5 Å². The van der Waals surface area contributed by atoms with Crippen LogP contribution in [0.1, 0.15) is 69.4 Å². The Morgan fingerprint density at radius 1 is 1.02 bits per heavy atom. The Kier molecular flexibility index (Phi) is 11.5. The molecule has 2 aromatic carbocycles. The van der Waals surface area contributed by atoms with Gasteiger partial charge in [-0.2, -0.15) is 0 Å². The summed E-state index contributed by atoms with van der Waals surface area (Å²) in [6, 6.07) is 11.2. The fourth-order valence-corrected chi connectivity index (χ4v) is 5.64. The SMILES string of the molecule is COc1ccc(CO[C@H](/C=C\[C@@H](C)[C@H](C)O)[C@H]2OC(C)(C)O[C@H]2C/C=C/c2cc(OCCn3ccnc3)cc3c2C(=O)OC(C)(C)O3)cc1. The first-order valence-electron chi connectivity index (χ1n) is 16.6. The zero-order valence-corrected chi connectivity index (χ0v) is 29.3. The first-order chi connectivity index (χ1) is 23.3. The van der Waals surface area contributed by atoms with Crippen LogP contribution in [-0.2, 0) is 32.1 Å². The number of nitrogens with zero attached hydrogens (tertiary/aromatic N) is 2. The second kappa shape index (κ2) is 15.6. The van der Waals surface area contributed by atoms with E-state index in [4.69, 9.17) is 33.2 Å². The van der Waals surface area contributed by atoms with Crippen LogP contribution in [0.4, 0.5) is 0 Å². The average molecular weight is 677 g/mol. The van der Waals surface area contributed by atoms with E-state index in [1.807, 2.05) is 80.1 Å². The molecule has 49 heavy (non-hydrogen) atoms. The second-order valence-electron chi connectivity index (χ2n) is 13.3. The summed E-state index contributed by atoms with van der Waals surface area (Å²) in [6.07, 6.45) is 11.6.